The molecule has 1 aliphatic rings. The second-order valence-corrected chi connectivity index (χ2v) is 5.49. The Bertz CT molecular complexity index is 258. The minimum Gasteiger partial charge on any atom is -0.465 e. The Kier molecular flexibility index (Phi) is 8.07. The molecule has 19 heavy (non-hydrogen) atoms. The first-order chi connectivity index (χ1) is 9.17. The van der Waals surface area contributed by atoms with Crippen molar-refractivity contribution in [2.75, 3.05) is 19.8 Å². The lowest BCUT2D eigenvalue weighted by Gasteiger charge is -2.28. The predicted molar refractivity (Wildman–Crippen MR) is 76.1 cm³/mol. The van der Waals surface area contributed by atoms with E-state index in [1.54, 1.807) is 0 Å². The highest BCUT2D eigenvalue weighted by molar-refractivity contribution is 5.75. The maximum Gasteiger partial charge on any atom is 0.325 e. The molecule has 112 valence electrons. The molecule has 0 aliphatic heterocycles. The van der Waals surface area contributed by atoms with Gasteiger partial charge >= 0.3 is 5.97 Å². The number of carbonyl (C=O) groups is 1. The maximum absolute atomic E-state index is 11.8. The van der Waals surface area contributed by atoms with Crippen molar-refractivity contribution in [2.24, 2.45) is 5.92 Å². The zero-order chi connectivity index (χ0) is 14.1. The van der Waals surface area contributed by atoms with Crippen molar-refractivity contribution in [3.05, 3.63) is 0 Å². The standard InChI is InChI=1S/C15H29NO3/c1-4-9-16-14(15(17)18-5-2)11-19-13-8-6-7-12(3)10-13/h12-14,16H,4-11H2,1-3H3. The van der Waals surface area contributed by atoms with Gasteiger partial charge in [0.1, 0.15) is 6.04 Å². The van der Waals surface area contributed by atoms with Gasteiger partial charge in [-0.15, -0.1) is 0 Å². The number of carbonyl (C=O) groups excluding carboxylic acids is 1. The van der Waals surface area contributed by atoms with Gasteiger partial charge < -0.3 is 14.8 Å². The summed E-state index contributed by atoms with van der Waals surface area (Å²) < 4.78 is 11.0. The van der Waals surface area contributed by atoms with Gasteiger partial charge in [0.2, 0.25) is 0 Å². The summed E-state index contributed by atoms with van der Waals surface area (Å²) in [5.41, 5.74) is 0. The van der Waals surface area contributed by atoms with E-state index in [1.165, 1.54) is 12.8 Å². The average Bonchev–Trinajstić information content (AvgIpc) is 2.39. The molecule has 0 heterocycles. The predicted octanol–water partition coefficient (Wildman–Crippen LogP) is 2.51. The topological polar surface area (TPSA) is 47.6 Å². The molecule has 1 N–H and O–H groups in total. The van der Waals surface area contributed by atoms with Crippen LogP contribution in [0.25, 0.3) is 0 Å². The first kappa shape index (κ1) is 16.4. The normalized spacial score (nSPS) is 25.0. The summed E-state index contributed by atoms with van der Waals surface area (Å²) in [6, 6.07) is -0.322. The second kappa shape index (κ2) is 9.32. The fourth-order valence-corrected chi connectivity index (χ4v) is 2.53. The van der Waals surface area contributed by atoms with Crippen LogP contribution in [0.15, 0.2) is 0 Å². The average molecular weight is 271 g/mol. The Morgan fingerprint density at radius 1 is 1.37 bits per heavy atom. The highest BCUT2D eigenvalue weighted by Gasteiger charge is 2.24. The van der Waals surface area contributed by atoms with E-state index in [1.807, 2.05) is 6.92 Å². The molecular formula is C15H29NO3. The lowest BCUT2D eigenvalue weighted by Crippen LogP contribution is -2.43. The summed E-state index contributed by atoms with van der Waals surface area (Å²) in [6.45, 7) is 7.85. The quantitative estimate of drug-likeness (QED) is 0.689. The van der Waals surface area contributed by atoms with Gasteiger partial charge in [0.05, 0.1) is 19.3 Å². The monoisotopic (exact) mass is 271 g/mol. The summed E-state index contributed by atoms with van der Waals surface area (Å²) >= 11 is 0. The molecule has 0 aromatic heterocycles. The van der Waals surface area contributed by atoms with Crippen molar-refractivity contribution < 1.29 is 14.3 Å². The van der Waals surface area contributed by atoms with E-state index >= 15 is 0 Å². The zero-order valence-corrected chi connectivity index (χ0v) is 12.6. The lowest BCUT2D eigenvalue weighted by atomic mass is 9.89. The van der Waals surface area contributed by atoms with Gasteiger partial charge in [-0.2, -0.15) is 0 Å². The lowest BCUT2D eigenvalue weighted by molar-refractivity contribution is -0.148. The number of hydrogen-bond acceptors (Lipinski definition) is 4. The number of esters is 1. The van der Waals surface area contributed by atoms with Gasteiger partial charge in [-0.3, -0.25) is 4.79 Å². The number of ether oxygens (including phenoxy) is 2. The second-order valence-electron chi connectivity index (χ2n) is 5.49. The summed E-state index contributed by atoms with van der Waals surface area (Å²) in [5, 5.41) is 3.21. The fraction of sp³-hybridized carbons (Fsp3) is 0.933. The van der Waals surface area contributed by atoms with Crippen LogP contribution in [-0.2, 0) is 14.3 Å². The zero-order valence-electron chi connectivity index (χ0n) is 12.6. The Morgan fingerprint density at radius 2 is 2.16 bits per heavy atom. The summed E-state index contributed by atoms with van der Waals surface area (Å²) in [5.74, 6) is 0.545. The van der Waals surface area contributed by atoms with Gasteiger partial charge in [-0.25, -0.2) is 0 Å². The molecule has 1 fully saturated rings. The SMILES string of the molecule is CCCNC(COC1CCCC(C)C1)C(=O)OCC. The Labute approximate surface area is 117 Å². The van der Waals surface area contributed by atoms with E-state index in [0.29, 0.717) is 19.3 Å². The van der Waals surface area contributed by atoms with Crippen LogP contribution in [0, 0.1) is 5.92 Å². The third-order valence-corrected chi connectivity index (χ3v) is 3.60. The minimum atomic E-state index is -0.322. The first-order valence-corrected chi connectivity index (χ1v) is 7.69. The molecule has 0 radical (unpaired) electrons. The van der Waals surface area contributed by atoms with E-state index in [-0.39, 0.29) is 12.0 Å². The summed E-state index contributed by atoms with van der Waals surface area (Å²) in [4.78, 5) is 11.8. The molecule has 0 aromatic rings. The third kappa shape index (κ3) is 6.39. The molecule has 4 nitrogen and oxygen atoms in total. The van der Waals surface area contributed by atoms with E-state index < -0.39 is 0 Å². The Hall–Kier alpha value is -0.610. The molecular weight excluding hydrogens is 242 g/mol. The first-order valence-electron chi connectivity index (χ1n) is 7.69. The molecule has 0 aromatic carbocycles. The highest BCUT2D eigenvalue weighted by Crippen LogP contribution is 2.25. The maximum atomic E-state index is 11.8. The summed E-state index contributed by atoms with van der Waals surface area (Å²) in [7, 11) is 0. The van der Waals surface area contributed by atoms with Crippen LogP contribution in [0.3, 0.4) is 0 Å². The van der Waals surface area contributed by atoms with Gasteiger partial charge in [-0.1, -0.05) is 26.7 Å². The minimum absolute atomic E-state index is 0.195. The van der Waals surface area contributed by atoms with Crippen molar-refractivity contribution in [2.45, 2.75) is 65.0 Å². The van der Waals surface area contributed by atoms with Crippen molar-refractivity contribution in [1.82, 2.24) is 5.32 Å². The van der Waals surface area contributed by atoms with E-state index in [2.05, 4.69) is 19.2 Å². The number of nitrogens with one attached hydrogen (secondary N) is 1. The molecule has 0 bridgehead atoms. The molecule has 0 spiro atoms. The molecule has 1 rings (SSSR count). The van der Waals surface area contributed by atoms with Crippen LogP contribution in [-0.4, -0.2) is 37.9 Å². The van der Waals surface area contributed by atoms with Crippen LogP contribution < -0.4 is 5.32 Å². The van der Waals surface area contributed by atoms with Crippen LogP contribution in [0.1, 0.15) is 52.9 Å². The molecule has 3 atom stereocenters. The van der Waals surface area contributed by atoms with E-state index in [0.717, 1.165) is 31.7 Å². The van der Waals surface area contributed by atoms with Crippen LogP contribution >= 0.6 is 0 Å². The largest absolute Gasteiger partial charge is 0.465 e. The number of hydrogen-bond donors (Lipinski definition) is 1. The van der Waals surface area contributed by atoms with Crippen LogP contribution in [0.5, 0.6) is 0 Å². The van der Waals surface area contributed by atoms with E-state index in [4.69, 9.17) is 9.47 Å². The van der Waals surface area contributed by atoms with Gasteiger partial charge in [0, 0.05) is 0 Å². The van der Waals surface area contributed by atoms with Gasteiger partial charge in [-0.05, 0) is 38.6 Å². The Morgan fingerprint density at radius 3 is 2.79 bits per heavy atom. The van der Waals surface area contributed by atoms with Crippen molar-refractivity contribution in [1.29, 1.82) is 0 Å². The van der Waals surface area contributed by atoms with Gasteiger partial charge in [0.15, 0.2) is 0 Å². The van der Waals surface area contributed by atoms with Crippen molar-refractivity contribution in [3.8, 4) is 0 Å². The smallest absolute Gasteiger partial charge is 0.325 e. The molecule has 1 aliphatic carbocycles. The third-order valence-electron chi connectivity index (χ3n) is 3.60. The van der Waals surface area contributed by atoms with Crippen LogP contribution in [0.4, 0.5) is 0 Å². The molecule has 0 saturated heterocycles. The van der Waals surface area contributed by atoms with Crippen LogP contribution in [0.2, 0.25) is 0 Å². The molecule has 3 unspecified atom stereocenters. The molecule has 0 amide bonds. The fourth-order valence-electron chi connectivity index (χ4n) is 2.53. The van der Waals surface area contributed by atoms with E-state index in [9.17, 15) is 4.79 Å². The van der Waals surface area contributed by atoms with Crippen molar-refractivity contribution in [3.63, 3.8) is 0 Å². The number of rotatable bonds is 8. The summed E-state index contributed by atoms with van der Waals surface area (Å²) in [6.07, 6.45) is 6.07. The molecule has 4 heteroatoms. The van der Waals surface area contributed by atoms with Gasteiger partial charge in [0.25, 0.3) is 0 Å². The molecule has 1 saturated carbocycles. The van der Waals surface area contributed by atoms with Crippen molar-refractivity contribution >= 4 is 5.97 Å². The highest BCUT2D eigenvalue weighted by atomic mass is 16.5. The Balaban J connectivity index is 2.36.